The fourth-order valence-corrected chi connectivity index (χ4v) is 3.78. The molecule has 1 atom stereocenters. The Morgan fingerprint density at radius 2 is 2.00 bits per heavy atom. The van der Waals surface area contributed by atoms with Gasteiger partial charge in [0.1, 0.15) is 16.4 Å². The Morgan fingerprint density at radius 3 is 2.50 bits per heavy atom. The van der Waals surface area contributed by atoms with Crippen LogP contribution in [-0.4, -0.2) is 46.1 Å². The molecule has 8 heteroatoms. The predicted molar refractivity (Wildman–Crippen MR) is 78.1 cm³/mol. The second-order valence-electron chi connectivity index (χ2n) is 4.43. The number of ether oxygens (including phenoxy) is 2. The predicted octanol–water partition coefficient (Wildman–Crippen LogP) is 0.847. The fourth-order valence-electron chi connectivity index (χ4n) is 2.10. The maximum atomic E-state index is 12.6. The number of sulfonamides is 1. The van der Waals surface area contributed by atoms with Crippen LogP contribution in [0.2, 0.25) is 0 Å². The van der Waals surface area contributed by atoms with Crippen LogP contribution in [0.4, 0.5) is 0 Å². The molecule has 0 amide bonds. The molecule has 20 heavy (non-hydrogen) atoms. The zero-order chi connectivity index (χ0) is 14.0. The molecule has 0 bridgehead atoms. The molecule has 0 aromatic heterocycles. The Morgan fingerprint density at radius 1 is 1.30 bits per heavy atom. The van der Waals surface area contributed by atoms with Gasteiger partial charge in [-0.05, 0) is 18.6 Å². The summed E-state index contributed by atoms with van der Waals surface area (Å²) in [5, 5.41) is 0. The monoisotopic (exact) mass is 322 g/mol. The minimum absolute atomic E-state index is 0. The van der Waals surface area contributed by atoms with Crippen molar-refractivity contribution in [1.29, 1.82) is 0 Å². The summed E-state index contributed by atoms with van der Waals surface area (Å²) in [5.41, 5.74) is 5.76. The maximum absolute atomic E-state index is 12.6. The normalized spacial score (nSPS) is 19.4. The standard InChI is InChI=1S/C12H18N2O4S.ClH/c1-17-10-3-4-11(18-2)12(7-10)19(15,16)14-6-5-9(13)8-14;/h3-4,7,9H,5-6,8,13H2,1-2H3;1H/t9-;/m1./s1. The third-order valence-electron chi connectivity index (χ3n) is 3.18. The highest BCUT2D eigenvalue weighted by molar-refractivity contribution is 7.89. The Hall–Kier alpha value is -1.02. The van der Waals surface area contributed by atoms with Gasteiger partial charge in [-0.15, -0.1) is 12.4 Å². The molecule has 0 spiro atoms. The van der Waals surface area contributed by atoms with E-state index in [0.717, 1.165) is 0 Å². The van der Waals surface area contributed by atoms with Gasteiger partial charge in [-0.1, -0.05) is 0 Å². The molecule has 1 saturated heterocycles. The van der Waals surface area contributed by atoms with Crippen molar-refractivity contribution in [3.05, 3.63) is 18.2 Å². The molecule has 0 unspecified atom stereocenters. The zero-order valence-electron chi connectivity index (χ0n) is 11.4. The summed E-state index contributed by atoms with van der Waals surface area (Å²) in [6.45, 7) is 0.770. The van der Waals surface area contributed by atoms with E-state index in [2.05, 4.69) is 0 Å². The first-order valence-corrected chi connectivity index (χ1v) is 7.41. The number of nitrogens with two attached hydrogens (primary N) is 1. The second-order valence-corrected chi connectivity index (χ2v) is 6.33. The third-order valence-corrected chi connectivity index (χ3v) is 5.06. The van der Waals surface area contributed by atoms with Crippen molar-refractivity contribution in [3.8, 4) is 11.5 Å². The molecule has 0 aliphatic carbocycles. The van der Waals surface area contributed by atoms with Crippen molar-refractivity contribution in [2.45, 2.75) is 17.4 Å². The summed E-state index contributed by atoms with van der Waals surface area (Å²) in [4.78, 5) is 0.114. The Bertz CT molecular complexity index is 565. The van der Waals surface area contributed by atoms with Crippen molar-refractivity contribution in [2.24, 2.45) is 5.73 Å². The average molecular weight is 323 g/mol. The third kappa shape index (κ3) is 3.17. The van der Waals surface area contributed by atoms with Gasteiger partial charge in [-0.25, -0.2) is 8.42 Å². The Labute approximate surface area is 125 Å². The van der Waals surface area contributed by atoms with E-state index in [-0.39, 0.29) is 23.3 Å². The minimum Gasteiger partial charge on any atom is -0.497 e. The number of hydrogen-bond donors (Lipinski definition) is 1. The highest BCUT2D eigenvalue weighted by atomic mass is 35.5. The molecule has 2 rings (SSSR count). The van der Waals surface area contributed by atoms with Crippen molar-refractivity contribution in [2.75, 3.05) is 27.3 Å². The number of halogens is 1. The molecule has 2 N–H and O–H groups in total. The summed E-state index contributed by atoms with van der Waals surface area (Å²) in [5.74, 6) is 0.782. The van der Waals surface area contributed by atoms with E-state index in [1.165, 1.54) is 24.6 Å². The van der Waals surface area contributed by atoms with Gasteiger partial charge in [0.15, 0.2) is 0 Å². The molecule has 0 radical (unpaired) electrons. The van der Waals surface area contributed by atoms with E-state index in [1.807, 2.05) is 0 Å². The lowest BCUT2D eigenvalue weighted by molar-refractivity contribution is 0.388. The van der Waals surface area contributed by atoms with Gasteiger partial charge in [0.25, 0.3) is 0 Å². The van der Waals surface area contributed by atoms with Gasteiger partial charge >= 0.3 is 0 Å². The first kappa shape index (κ1) is 17.0. The second kappa shape index (κ2) is 6.62. The number of benzene rings is 1. The van der Waals surface area contributed by atoms with Gasteiger partial charge < -0.3 is 15.2 Å². The summed E-state index contributed by atoms with van der Waals surface area (Å²) in [6, 6.07) is 4.61. The molecule has 1 aromatic rings. The van der Waals surface area contributed by atoms with E-state index < -0.39 is 10.0 Å². The molecule has 1 heterocycles. The van der Waals surface area contributed by atoms with Crippen LogP contribution in [0.1, 0.15) is 6.42 Å². The highest BCUT2D eigenvalue weighted by Crippen LogP contribution is 2.31. The first-order chi connectivity index (χ1) is 8.98. The van der Waals surface area contributed by atoms with Crippen molar-refractivity contribution < 1.29 is 17.9 Å². The van der Waals surface area contributed by atoms with Crippen LogP contribution in [0.15, 0.2) is 23.1 Å². The van der Waals surface area contributed by atoms with Gasteiger partial charge in [0.05, 0.1) is 14.2 Å². The van der Waals surface area contributed by atoms with Crippen LogP contribution in [0.5, 0.6) is 11.5 Å². The van der Waals surface area contributed by atoms with Crippen molar-refractivity contribution in [3.63, 3.8) is 0 Å². The SMILES string of the molecule is COc1ccc(OC)c(S(=O)(=O)N2CC[C@@H](N)C2)c1.Cl. The van der Waals surface area contributed by atoms with E-state index in [0.29, 0.717) is 31.0 Å². The molecule has 1 fully saturated rings. The lowest BCUT2D eigenvalue weighted by Crippen LogP contribution is -2.32. The van der Waals surface area contributed by atoms with Gasteiger partial charge in [-0.3, -0.25) is 0 Å². The van der Waals surface area contributed by atoms with E-state index >= 15 is 0 Å². The van der Waals surface area contributed by atoms with Crippen LogP contribution >= 0.6 is 12.4 Å². The molecular formula is C12H19ClN2O4S. The largest absolute Gasteiger partial charge is 0.497 e. The Balaban J connectivity index is 0.00000200. The van der Waals surface area contributed by atoms with E-state index in [1.54, 1.807) is 12.1 Å². The van der Waals surface area contributed by atoms with E-state index in [4.69, 9.17) is 15.2 Å². The number of methoxy groups -OCH3 is 2. The van der Waals surface area contributed by atoms with Crippen LogP contribution in [0.3, 0.4) is 0 Å². The molecule has 1 aromatic carbocycles. The summed E-state index contributed by atoms with van der Waals surface area (Å²) in [6.07, 6.45) is 0.672. The average Bonchev–Trinajstić information content (AvgIpc) is 2.85. The molecule has 0 saturated carbocycles. The first-order valence-electron chi connectivity index (χ1n) is 5.97. The summed E-state index contributed by atoms with van der Waals surface area (Å²) in [7, 11) is -0.668. The number of rotatable bonds is 4. The van der Waals surface area contributed by atoms with Crippen molar-refractivity contribution >= 4 is 22.4 Å². The summed E-state index contributed by atoms with van der Waals surface area (Å²) >= 11 is 0. The molecule has 6 nitrogen and oxygen atoms in total. The van der Waals surface area contributed by atoms with Crippen LogP contribution in [0, 0.1) is 0 Å². The van der Waals surface area contributed by atoms with Crippen LogP contribution in [0.25, 0.3) is 0 Å². The zero-order valence-corrected chi connectivity index (χ0v) is 13.0. The lowest BCUT2D eigenvalue weighted by Gasteiger charge is -2.18. The van der Waals surface area contributed by atoms with Crippen LogP contribution < -0.4 is 15.2 Å². The maximum Gasteiger partial charge on any atom is 0.246 e. The number of nitrogens with zero attached hydrogens (tertiary/aromatic N) is 1. The van der Waals surface area contributed by atoms with Crippen molar-refractivity contribution in [1.82, 2.24) is 4.31 Å². The van der Waals surface area contributed by atoms with Gasteiger partial charge in [0.2, 0.25) is 10.0 Å². The molecule has 1 aliphatic rings. The van der Waals surface area contributed by atoms with Gasteiger partial charge in [-0.2, -0.15) is 4.31 Å². The van der Waals surface area contributed by atoms with Crippen LogP contribution in [-0.2, 0) is 10.0 Å². The molecule has 114 valence electrons. The molecular weight excluding hydrogens is 304 g/mol. The topological polar surface area (TPSA) is 81.9 Å². The van der Waals surface area contributed by atoms with E-state index in [9.17, 15) is 8.42 Å². The number of hydrogen-bond acceptors (Lipinski definition) is 5. The fraction of sp³-hybridized carbons (Fsp3) is 0.500. The Kier molecular flexibility index (Phi) is 5.64. The van der Waals surface area contributed by atoms with Gasteiger partial charge in [0, 0.05) is 25.2 Å². The smallest absolute Gasteiger partial charge is 0.246 e. The minimum atomic E-state index is -3.60. The quantitative estimate of drug-likeness (QED) is 0.888. The lowest BCUT2D eigenvalue weighted by atomic mass is 10.3. The molecule has 1 aliphatic heterocycles. The summed E-state index contributed by atoms with van der Waals surface area (Å²) < 4.78 is 36.7. The highest BCUT2D eigenvalue weighted by Gasteiger charge is 2.33.